The summed E-state index contributed by atoms with van der Waals surface area (Å²) in [5.74, 6) is 0.503. The van der Waals surface area contributed by atoms with Crippen molar-refractivity contribution >= 4 is 22.6 Å². The molecular formula is C11H13N3O. The fourth-order valence-corrected chi connectivity index (χ4v) is 1.64. The Labute approximate surface area is 87.7 Å². The van der Waals surface area contributed by atoms with E-state index in [0.717, 1.165) is 16.5 Å². The van der Waals surface area contributed by atoms with Crippen molar-refractivity contribution in [3.05, 3.63) is 23.3 Å². The molecule has 0 aliphatic rings. The van der Waals surface area contributed by atoms with Gasteiger partial charge in [0, 0.05) is 12.3 Å². The van der Waals surface area contributed by atoms with Gasteiger partial charge in [0.2, 0.25) is 5.91 Å². The van der Waals surface area contributed by atoms with Crippen LogP contribution < -0.4 is 5.32 Å². The van der Waals surface area contributed by atoms with Crippen molar-refractivity contribution in [3.63, 3.8) is 0 Å². The number of anilines is 1. The first-order chi connectivity index (χ1) is 7.09. The molecule has 1 heterocycles. The zero-order chi connectivity index (χ0) is 11.0. The highest BCUT2D eigenvalue weighted by molar-refractivity contribution is 6.00. The first kappa shape index (κ1) is 9.71. The summed E-state index contributed by atoms with van der Waals surface area (Å²) in [7, 11) is 0. The van der Waals surface area contributed by atoms with Gasteiger partial charge in [-0.15, -0.1) is 0 Å². The van der Waals surface area contributed by atoms with Gasteiger partial charge in [-0.25, -0.2) is 0 Å². The molecule has 0 radical (unpaired) electrons. The number of carbonyl (C=O) groups excluding carboxylic acids is 1. The summed E-state index contributed by atoms with van der Waals surface area (Å²) < 4.78 is 0. The Hall–Kier alpha value is -1.84. The van der Waals surface area contributed by atoms with Crippen molar-refractivity contribution in [1.82, 2.24) is 10.2 Å². The predicted octanol–water partition coefficient (Wildman–Crippen LogP) is 2.14. The molecule has 0 aliphatic carbocycles. The molecule has 0 aliphatic heterocycles. The van der Waals surface area contributed by atoms with Crippen LogP contribution in [0.15, 0.2) is 12.1 Å². The van der Waals surface area contributed by atoms with Crippen molar-refractivity contribution < 1.29 is 4.79 Å². The van der Waals surface area contributed by atoms with Gasteiger partial charge < -0.3 is 5.32 Å². The minimum atomic E-state index is -0.107. The number of aryl methyl sites for hydroxylation is 2. The van der Waals surface area contributed by atoms with Crippen LogP contribution in [0.3, 0.4) is 0 Å². The van der Waals surface area contributed by atoms with Gasteiger partial charge in [-0.05, 0) is 31.0 Å². The number of fused-ring (bicyclic) bond motifs is 1. The topological polar surface area (TPSA) is 57.8 Å². The standard InChI is InChI=1S/C11H13N3O/c1-6-4-5-9-10(7(6)2)11(14-13-9)12-8(3)15/h4-5H,1-3H3,(H2,12,13,14,15). The average Bonchev–Trinajstić information content (AvgIpc) is 2.55. The van der Waals surface area contributed by atoms with Crippen LogP contribution in [-0.4, -0.2) is 16.1 Å². The lowest BCUT2D eigenvalue weighted by molar-refractivity contribution is -0.114. The summed E-state index contributed by atoms with van der Waals surface area (Å²) in [6.45, 7) is 5.55. The number of H-pyrrole nitrogens is 1. The van der Waals surface area contributed by atoms with Crippen molar-refractivity contribution in [1.29, 1.82) is 0 Å². The normalized spacial score (nSPS) is 10.6. The molecular weight excluding hydrogens is 190 g/mol. The molecule has 1 aromatic carbocycles. The average molecular weight is 203 g/mol. The molecule has 0 unspecified atom stereocenters. The molecule has 0 fully saturated rings. The van der Waals surface area contributed by atoms with E-state index >= 15 is 0 Å². The highest BCUT2D eigenvalue weighted by Gasteiger charge is 2.10. The minimum Gasteiger partial charge on any atom is -0.309 e. The van der Waals surface area contributed by atoms with Crippen molar-refractivity contribution in [2.45, 2.75) is 20.8 Å². The van der Waals surface area contributed by atoms with Gasteiger partial charge in [0.15, 0.2) is 5.82 Å². The number of aromatic amines is 1. The second-order valence-corrected chi connectivity index (χ2v) is 3.68. The molecule has 4 heteroatoms. The van der Waals surface area contributed by atoms with Gasteiger partial charge in [0.05, 0.1) is 5.52 Å². The van der Waals surface area contributed by atoms with E-state index in [9.17, 15) is 4.79 Å². The number of benzene rings is 1. The third kappa shape index (κ3) is 1.58. The maximum atomic E-state index is 11.0. The highest BCUT2D eigenvalue weighted by Crippen LogP contribution is 2.26. The van der Waals surface area contributed by atoms with Gasteiger partial charge in [-0.1, -0.05) is 6.07 Å². The molecule has 2 rings (SSSR count). The Kier molecular flexibility index (Phi) is 2.19. The molecule has 1 amide bonds. The van der Waals surface area contributed by atoms with Crippen molar-refractivity contribution in [2.75, 3.05) is 5.32 Å². The summed E-state index contributed by atoms with van der Waals surface area (Å²) >= 11 is 0. The number of amides is 1. The number of rotatable bonds is 1. The molecule has 0 bridgehead atoms. The molecule has 0 saturated carbocycles. The highest BCUT2D eigenvalue weighted by atomic mass is 16.1. The van der Waals surface area contributed by atoms with E-state index in [4.69, 9.17) is 0 Å². The maximum Gasteiger partial charge on any atom is 0.222 e. The third-order valence-electron chi connectivity index (χ3n) is 2.56. The monoisotopic (exact) mass is 203 g/mol. The number of hydrogen-bond donors (Lipinski definition) is 2. The summed E-state index contributed by atoms with van der Waals surface area (Å²) in [5, 5.41) is 10.7. The largest absolute Gasteiger partial charge is 0.309 e. The number of hydrogen-bond acceptors (Lipinski definition) is 2. The van der Waals surface area contributed by atoms with E-state index in [0.29, 0.717) is 5.82 Å². The first-order valence-electron chi connectivity index (χ1n) is 4.81. The molecule has 4 nitrogen and oxygen atoms in total. The number of aromatic nitrogens is 2. The molecule has 2 aromatic rings. The fraction of sp³-hybridized carbons (Fsp3) is 0.273. The van der Waals surface area contributed by atoms with Crippen LogP contribution in [0, 0.1) is 13.8 Å². The van der Waals surface area contributed by atoms with Crippen molar-refractivity contribution in [2.24, 2.45) is 0 Å². The fourth-order valence-electron chi connectivity index (χ4n) is 1.64. The Bertz CT molecular complexity index is 528. The van der Waals surface area contributed by atoms with E-state index in [1.165, 1.54) is 12.5 Å². The van der Waals surface area contributed by atoms with Crippen LogP contribution in [0.25, 0.3) is 10.9 Å². The Morgan fingerprint density at radius 1 is 1.40 bits per heavy atom. The van der Waals surface area contributed by atoms with Gasteiger partial charge in [-0.3, -0.25) is 9.89 Å². The van der Waals surface area contributed by atoms with E-state index < -0.39 is 0 Å². The smallest absolute Gasteiger partial charge is 0.222 e. The molecule has 0 atom stereocenters. The summed E-state index contributed by atoms with van der Waals surface area (Å²) in [4.78, 5) is 11.0. The lowest BCUT2D eigenvalue weighted by Gasteiger charge is -2.03. The van der Waals surface area contributed by atoms with Crippen LogP contribution in [0.2, 0.25) is 0 Å². The molecule has 2 N–H and O–H groups in total. The van der Waals surface area contributed by atoms with Gasteiger partial charge in [0.25, 0.3) is 0 Å². The summed E-state index contributed by atoms with van der Waals surface area (Å²) in [6.07, 6.45) is 0. The van der Waals surface area contributed by atoms with E-state index in [1.54, 1.807) is 0 Å². The van der Waals surface area contributed by atoms with E-state index in [1.807, 2.05) is 26.0 Å². The number of nitrogens with zero attached hydrogens (tertiary/aromatic N) is 1. The van der Waals surface area contributed by atoms with Crippen LogP contribution >= 0.6 is 0 Å². The van der Waals surface area contributed by atoms with Gasteiger partial charge >= 0.3 is 0 Å². The second kappa shape index (κ2) is 3.38. The third-order valence-corrected chi connectivity index (χ3v) is 2.56. The Morgan fingerprint density at radius 3 is 2.80 bits per heavy atom. The van der Waals surface area contributed by atoms with Crippen molar-refractivity contribution in [3.8, 4) is 0 Å². The lowest BCUT2D eigenvalue weighted by atomic mass is 10.1. The predicted molar refractivity (Wildman–Crippen MR) is 59.9 cm³/mol. The van der Waals surface area contributed by atoms with Crippen LogP contribution in [0.4, 0.5) is 5.82 Å². The summed E-state index contributed by atoms with van der Waals surface area (Å²) in [5.41, 5.74) is 3.28. The number of nitrogens with one attached hydrogen (secondary N) is 2. The quantitative estimate of drug-likeness (QED) is 0.746. The first-order valence-corrected chi connectivity index (χ1v) is 4.81. The zero-order valence-electron chi connectivity index (χ0n) is 9.01. The minimum absolute atomic E-state index is 0.107. The van der Waals surface area contributed by atoms with E-state index in [2.05, 4.69) is 15.5 Å². The molecule has 1 aromatic heterocycles. The van der Waals surface area contributed by atoms with Gasteiger partial charge in [0.1, 0.15) is 0 Å². The maximum absolute atomic E-state index is 11.0. The van der Waals surface area contributed by atoms with E-state index in [-0.39, 0.29) is 5.91 Å². The summed E-state index contributed by atoms with van der Waals surface area (Å²) in [6, 6.07) is 4.00. The van der Waals surface area contributed by atoms with Crippen LogP contribution in [0.1, 0.15) is 18.1 Å². The second-order valence-electron chi connectivity index (χ2n) is 3.68. The Balaban J connectivity index is 2.66. The Morgan fingerprint density at radius 2 is 2.13 bits per heavy atom. The SMILES string of the molecule is CC(=O)Nc1n[nH]c2ccc(C)c(C)c12. The van der Waals surface area contributed by atoms with Crippen LogP contribution in [0.5, 0.6) is 0 Å². The lowest BCUT2D eigenvalue weighted by Crippen LogP contribution is -2.06. The molecule has 78 valence electrons. The molecule has 0 saturated heterocycles. The molecule has 15 heavy (non-hydrogen) atoms. The zero-order valence-corrected chi connectivity index (χ0v) is 9.01. The molecule has 0 spiro atoms. The number of carbonyl (C=O) groups is 1. The van der Waals surface area contributed by atoms with Gasteiger partial charge in [-0.2, -0.15) is 5.10 Å². The van der Waals surface area contributed by atoms with Crippen LogP contribution in [-0.2, 0) is 4.79 Å².